The summed E-state index contributed by atoms with van der Waals surface area (Å²) in [7, 11) is 1.62. The maximum absolute atomic E-state index is 12.0. The molecule has 1 atom stereocenters. The Morgan fingerprint density at radius 3 is 2.57 bits per heavy atom. The van der Waals surface area contributed by atoms with Crippen molar-refractivity contribution in [2.24, 2.45) is 0 Å². The van der Waals surface area contributed by atoms with Crippen LogP contribution in [-0.4, -0.2) is 19.6 Å². The van der Waals surface area contributed by atoms with Crippen molar-refractivity contribution in [3.05, 3.63) is 64.7 Å². The van der Waals surface area contributed by atoms with Gasteiger partial charge in [-0.15, -0.1) is 0 Å². The molecule has 0 saturated carbocycles. The molecule has 0 fully saturated rings. The molecule has 1 amide bonds. The van der Waals surface area contributed by atoms with Gasteiger partial charge in [-0.1, -0.05) is 41.9 Å². The van der Waals surface area contributed by atoms with Crippen molar-refractivity contribution in [1.29, 1.82) is 0 Å². The van der Waals surface area contributed by atoms with Crippen molar-refractivity contribution >= 4 is 17.5 Å². The zero-order valence-corrected chi connectivity index (χ0v) is 14.1. The van der Waals surface area contributed by atoms with Crippen LogP contribution in [0, 0.1) is 0 Å². The van der Waals surface area contributed by atoms with Gasteiger partial charge in [-0.3, -0.25) is 4.79 Å². The second-order valence-electron chi connectivity index (χ2n) is 5.24. The Hall–Kier alpha value is -2.04. The SMILES string of the molecule is COc1ccccc1CNC(=O)CN[C@H](C)c1ccc(Cl)cc1. The third-order valence-corrected chi connectivity index (χ3v) is 3.86. The summed E-state index contributed by atoms with van der Waals surface area (Å²) in [6.07, 6.45) is 0. The van der Waals surface area contributed by atoms with Crippen LogP contribution in [0.15, 0.2) is 48.5 Å². The highest BCUT2D eigenvalue weighted by Gasteiger charge is 2.08. The van der Waals surface area contributed by atoms with Crippen LogP contribution < -0.4 is 15.4 Å². The highest BCUT2D eigenvalue weighted by molar-refractivity contribution is 6.30. The number of halogens is 1. The molecule has 2 rings (SSSR count). The first kappa shape index (κ1) is 17.3. The van der Waals surface area contributed by atoms with Crippen LogP contribution >= 0.6 is 11.6 Å². The van der Waals surface area contributed by atoms with E-state index in [-0.39, 0.29) is 18.5 Å². The minimum Gasteiger partial charge on any atom is -0.496 e. The molecule has 4 nitrogen and oxygen atoms in total. The van der Waals surface area contributed by atoms with Crippen molar-refractivity contribution in [2.75, 3.05) is 13.7 Å². The standard InChI is InChI=1S/C18H21ClN2O2/c1-13(14-7-9-16(19)10-8-14)20-12-18(22)21-11-15-5-3-4-6-17(15)23-2/h3-10,13,20H,11-12H2,1-2H3,(H,21,22)/t13-/m1/s1. The average Bonchev–Trinajstić information content (AvgIpc) is 2.58. The van der Waals surface area contributed by atoms with E-state index in [1.165, 1.54) is 0 Å². The van der Waals surface area contributed by atoms with Gasteiger partial charge >= 0.3 is 0 Å². The summed E-state index contributed by atoms with van der Waals surface area (Å²) in [6, 6.07) is 15.3. The van der Waals surface area contributed by atoms with Crippen LogP contribution in [0.3, 0.4) is 0 Å². The van der Waals surface area contributed by atoms with E-state index in [1.807, 2.05) is 55.5 Å². The lowest BCUT2D eigenvalue weighted by Crippen LogP contribution is -2.34. The fraction of sp³-hybridized carbons (Fsp3) is 0.278. The average molecular weight is 333 g/mol. The Labute approximate surface area is 141 Å². The molecule has 0 radical (unpaired) electrons. The second kappa shape index (κ2) is 8.56. The number of rotatable bonds is 7. The number of hydrogen-bond acceptors (Lipinski definition) is 3. The maximum Gasteiger partial charge on any atom is 0.234 e. The lowest BCUT2D eigenvalue weighted by Gasteiger charge is -2.15. The lowest BCUT2D eigenvalue weighted by atomic mass is 10.1. The number of carbonyl (C=O) groups is 1. The van der Waals surface area contributed by atoms with E-state index >= 15 is 0 Å². The van der Waals surface area contributed by atoms with E-state index in [9.17, 15) is 4.79 Å². The van der Waals surface area contributed by atoms with Crippen molar-refractivity contribution in [3.8, 4) is 5.75 Å². The number of methoxy groups -OCH3 is 1. The molecule has 23 heavy (non-hydrogen) atoms. The van der Waals surface area contributed by atoms with Crippen LogP contribution in [0.25, 0.3) is 0 Å². The molecule has 2 aromatic rings. The first-order valence-corrected chi connectivity index (χ1v) is 7.85. The number of nitrogens with one attached hydrogen (secondary N) is 2. The molecule has 0 aliphatic heterocycles. The van der Waals surface area contributed by atoms with Crippen LogP contribution in [-0.2, 0) is 11.3 Å². The van der Waals surface area contributed by atoms with Crippen molar-refractivity contribution in [1.82, 2.24) is 10.6 Å². The van der Waals surface area contributed by atoms with Gasteiger partial charge in [0, 0.05) is 23.2 Å². The predicted molar refractivity (Wildman–Crippen MR) is 92.7 cm³/mol. The molecule has 0 aliphatic carbocycles. The van der Waals surface area contributed by atoms with Crippen molar-refractivity contribution < 1.29 is 9.53 Å². The van der Waals surface area contributed by atoms with Gasteiger partial charge in [0.1, 0.15) is 5.75 Å². The van der Waals surface area contributed by atoms with E-state index in [0.717, 1.165) is 16.9 Å². The summed E-state index contributed by atoms with van der Waals surface area (Å²) >= 11 is 5.87. The summed E-state index contributed by atoms with van der Waals surface area (Å²) in [6.45, 7) is 2.70. The quantitative estimate of drug-likeness (QED) is 0.817. The Kier molecular flexibility index (Phi) is 6.44. The van der Waals surface area contributed by atoms with E-state index in [0.29, 0.717) is 11.6 Å². The van der Waals surface area contributed by atoms with E-state index in [4.69, 9.17) is 16.3 Å². The smallest absolute Gasteiger partial charge is 0.234 e. The third kappa shape index (κ3) is 5.27. The summed E-state index contributed by atoms with van der Waals surface area (Å²) in [5.74, 6) is 0.715. The number of ether oxygens (including phenoxy) is 1. The topological polar surface area (TPSA) is 50.4 Å². The normalized spacial score (nSPS) is 11.8. The molecule has 0 spiro atoms. The molecule has 0 aromatic heterocycles. The first-order chi connectivity index (χ1) is 11.1. The fourth-order valence-electron chi connectivity index (χ4n) is 2.22. The Morgan fingerprint density at radius 2 is 1.87 bits per heavy atom. The third-order valence-electron chi connectivity index (χ3n) is 3.61. The molecular weight excluding hydrogens is 312 g/mol. The van der Waals surface area contributed by atoms with Crippen molar-refractivity contribution in [3.63, 3.8) is 0 Å². The fourth-order valence-corrected chi connectivity index (χ4v) is 2.35. The Balaban J connectivity index is 1.80. The second-order valence-corrected chi connectivity index (χ2v) is 5.68. The van der Waals surface area contributed by atoms with Crippen LogP contribution in [0.2, 0.25) is 5.02 Å². The van der Waals surface area contributed by atoms with Crippen LogP contribution in [0.4, 0.5) is 0 Å². The summed E-state index contributed by atoms with van der Waals surface area (Å²) < 4.78 is 5.27. The number of para-hydroxylation sites is 1. The Bertz CT molecular complexity index is 644. The molecule has 0 aliphatic rings. The first-order valence-electron chi connectivity index (χ1n) is 7.47. The van der Waals surface area contributed by atoms with Gasteiger partial charge < -0.3 is 15.4 Å². The maximum atomic E-state index is 12.0. The van der Waals surface area contributed by atoms with E-state index in [1.54, 1.807) is 7.11 Å². The minimum atomic E-state index is -0.0586. The van der Waals surface area contributed by atoms with Gasteiger partial charge in [0.25, 0.3) is 0 Å². The zero-order valence-electron chi connectivity index (χ0n) is 13.3. The van der Waals surface area contributed by atoms with E-state index < -0.39 is 0 Å². The molecule has 122 valence electrons. The number of hydrogen-bond donors (Lipinski definition) is 2. The van der Waals surface area contributed by atoms with Gasteiger partial charge in [0.15, 0.2) is 0 Å². The molecular formula is C18H21ClN2O2. The molecule has 0 unspecified atom stereocenters. The number of carbonyl (C=O) groups excluding carboxylic acids is 1. The highest BCUT2D eigenvalue weighted by atomic mass is 35.5. The van der Waals surface area contributed by atoms with E-state index in [2.05, 4.69) is 10.6 Å². The van der Waals surface area contributed by atoms with Crippen LogP contribution in [0.1, 0.15) is 24.1 Å². The van der Waals surface area contributed by atoms with Crippen LogP contribution in [0.5, 0.6) is 5.75 Å². The predicted octanol–water partition coefficient (Wildman–Crippen LogP) is 3.32. The van der Waals surface area contributed by atoms with Gasteiger partial charge in [-0.2, -0.15) is 0 Å². The molecule has 2 aromatic carbocycles. The molecule has 0 saturated heterocycles. The minimum absolute atomic E-state index is 0.0586. The summed E-state index contributed by atoms with van der Waals surface area (Å²) in [5.41, 5.74) is 2.04. The van der Waals surface area contributed by atoms with Gasteiger partial charge in [-0.05, 0) is 30.7 Å². The molecule has 0 heterocycles. The molecule has 0 bridgehead atoms. The number of amides is 1. The zero-order chi connectivity index (χ0) is 16.7. The Morgan fingerprint density at radius 1 is 1.17 bits per heavy atom. The van der Waals surface area contributed by atoms with Gasteiger partial charge in [0.05, 0.1) is 13.7 Å². The highest BCUT2D eigenvalue weighted by Crippen LogP contribution is 2.17. The van der Waals surface area contributed by atoms with Crippen molar-refractivity contribution in [2.45, 2.75) is 19.5 Å². The van der Waals surface area contributed by atoms with Gasteiger partial charge in [-0.25, -0.2) is 0 Å². The monoisotopic (exact) mass is 332 g/mol. The molecule has 2 N–H and O–H groups in total. The largest absolute Gasteiger partial charge is 0.496 e. The molecule has 5 heteroatoms. The van der Waals surface area contributed by atoms with Gasteiger partial charge in [0.2, 0.25) is 5.91 Å². The summed E-state index contributed by atoms with van der Waals surface area (Å²) in [4.78, 5) is 12.0. The summed E-state index contributed by atoms with van der Waals surface area (Å²) in [5, 5.41) is 6.79. The number of benzene rings is 2. The lowest BCUT2D eigenvalue weighted by molar-refractivity contribution is -0.120.